The Kier molecular flexibility index (Phi) is 2.76. The van der Waals surface area contributed by atoms with Crippen LogP contribution >= 0.6 is 12.4 Å². The molecule has 1 heterocycles. The molecule has 3 N–H and O–H groups in total. The lowest BCUT2D eigenvalue weighted by atomic mass is 10.4. The molecule has 1 saturated carbocycles. The molecule has 3 nitrogen and oxygen atoms in total. The second kappa shape index (κ2) is 3.63. The lowest BCUT2D eigenvalue weighted by molar-refractivity contribution is 1.11. The van der Waals surface area contributed by atoms with E-state index in [0.717, 1.165) is 5.82 Å². The fourth-order valence-corrected chi connectivity index (χ4v) is 0.927. The Hall–Kier alpha value is -0.960. The van der Waals surface area contributed by atoms with Crippen molar-refractivity contribution in [3.05, 3.63) is 18.3 Å². The molecule has 0 spiro atoms. The molecule has 1 aliphatic rings. The molecule has 2 rings (SSSR count). The number of halogens is 1. The van der Waals surface area contributed by atoms with Crippen molar-refractivity contribution in [2.45, 2.75) is 18.9 Å². The van der Waals surface area contributed by atoms with Crippen LogP contribution in [0.3, 0.4) is 0 Å². The van der Waals surface area contributed by atoms with E-state index in [2.05, 4.69) is 10.3 Å². The molecule has 0 aliphatic heterocycles. The average molecular weight is 186 g/mol. The Bertz CT molecular complexity index is 243. The fourth-order valence-electron chi connectivity index (χ4n) is 0.927. The molecule has 1 aromatic heterocycles. The lowest BCUT2D eigenvalue weighted by Gasteiger charge is -2.01. The molecule has 0 radical (unpaired) electrons. The van der Waals surface area contributed by atoms with E-state index < -0.39 is 0 Å². The second-order valence-corrected chi connectivity index (χ2v) is 2.90. The molecule has 0 saturated heterocycles. The van der Waals surface area contributed by atoms with E-state index in [9.17, 15) is 0 Å². The van der Waals surface area contributed by atoms with E-state index in [0.29, 0.717) is 11.7 Å². The predicted octanol–water partition coefficient (Wildman–Crippen LogP) is 1.66. The van der Waals surface area contributed by atoms with Gasteiger partial charge in [0, 0.05) is 6.04 Å². The quantitative estimate of drug-likeness (QED) is 0.737. The first kappa shape index (κ1) is 9.13. The van der Waals surface area contributed by atoms with Crippen LogP contribution in [0.2, 0.25) is 0 Å². The predicted molar refractivity (Wildman–Crippen MR) is 52.5 cm³/mol. The number of rotatable bonds is 2. The van der Waals surface area contributed by atoms with Gasteiger partial charge in [-0.3, -0.25) is 0 Å². The normalized spacial score (nSPS) is 15.0. The summed E-state index contributed by atoms with van der Waals surface area (Å²) in [4.78, 5) is 4.12. The van der Waals surface area contributed by atoms with Gasteiger partial charge in [0.15, 0.2) is 0 Å². The van der Waals surface area contributed by atoms with Gasteiger partial charge in [-0.1, -0.05) is 0 Å². The SMILES string of the molecule is Cl.Nc1ccc(NC2CC2)nc1. The molecule has 0 atom stereocenters. The largest absolute Gasteiger partial charge is 0.397 e. The number of anilines is 2. The second-order valence-electron chi connectivity index (χ2n) is 2.90. The summed E-state index contributed by atoms with van der Waals surface area (Å²) in [5.74, 6) is 0.932. The third kappa shape index (κ3) is 2.27. The maximum atomic E-state index is 5.48. The minimum atomic E-state index is 0. The van der Waals surface area contributed by atoms with Crippen molar-refractivity contribution in [3.8, 4) is 0 Å². The van der Waals surface area contributed by atoms with Gasteiger partial charge in [-0.05, 0) is 25.0 Å². The highest BCUT2D eigenvalue weighted by Crippen LogP contribution is 2.23. The smallest absolute Gasteiger partial charge is 0.126 e. The van der Waals surface area contributed by atoms with Crippen molar-refractivity contribution in [1.82, 2.24) is 4.98 Å². The fraction of sp³-hybridized carbons (Fsp3) is 0.375. The van der Waals surface area contributed by atoms with Crippen LogP contribution in [-0.4, -0.2) is 11.0 Å². The molecule has 0 bridgehead atoms. The van der Waals surface area contributed by atoms with Gasteiger partial charge >= 0.3 is 0 Å². The van der Waals surface area contributed by atoms with Crippen molar-refractivity contribution in [3.63, 3.8) is 0 Å². The monoisotopic (exact) mass is 185 g/mol. The molecule has 1 aromatic rings. The molecular weight excluding hydrogens is 174 g/mol. The third-order valence-corrected chi connectivity index (χ3v) is 1.72. The zero-order valence-corrected chi connectivity index (χ0v) is 7.47. The van der Waals surface area contributed by atoms with Crippen molar-refractivity contribution >= 4 is 23.9 Å². The molecule has 0 unspecified atom stereocenters. The Morgan fingerprint density at radius 3 is 2.67 bits per heavy atom. The highest BCUT2D eigenvalue weighted by molar-refractivity contribution is 5.85. The van der Waals surface area contributed by atoms with Crippen LogP contribution in [0.1, 0.15) is 12.8 Å². The zero-order chi connectivity index (χ0) is 7.68. The van der Waals surface area contributed by atoms with Crippen LogP contribution in [0.25, 0.3) is 0 Å². The van der Waals surface area contributed by atoms with E-state index >= 15 is 0 Å². The minimum Gasteiger partial charge on any atom is -0.397 e. The summed E-state index contributed by atoms with van der Waals surface area (Å²) in [7, 11) is 0. The Labute approximate surface area is 77.8 Å². The molecule has 66 valence electrons. The summed E-state index contributed by atoms with van der Waals surface area (Å²) in [5, 5.41) is 3.28. The van der Waals surface area contributed by atoms with Gasteiger partial charge in [-0.2, -0.15) is 0 Å². The van der Waals surface area contributed by atoms with E-state index in [1.165, 1.54) is 12.8 Å². The van der Waals surface area contributed by atoms with Crippen molar-refractivity contribution in [2.75, 3.05) is 11.1 Å². The van der Waals surface area contributed by atoms with Crippen LogP contribution in [0.4, 0.5) is 11.5 Å². The summed E-state index contributed by atoms with van der Waals surface area (Å²) >= 11 is 0. The van der Waals surface area contributed by atoms with E-state index in [4.69, 9.17) is 5.73 Å². The summed E-state index contributed by atoms with van der Waals surface area (Å²) in [5.41, 5.74) is 6.20. The number of nitrogens with zero attached hydrogens (tertiary/aromatic N) is 1. The van der Waals surface area contributed by atoms with Crippen molar-refractivity contribution in [2.24, 2.45) is 0 Å². The van der Waals surface area contributed by atoms with Crippen LogP contribution < -0.4 is 11.1 Å². The molecule has 0 aromatic carbocycles. The van der Waals surface area contributed by atoms with E-state index in [1.54, 1.807) is 6.20 Å². The highest BCUT2D eigenvalue weighted by atomic mass is 35.5. The summed E-state index contributed by atoms with van der Waals surface area (Å²) in [6, 6.07) is 4.43. The summed E-state index contributed by atoms with van der Waals surface area (Å²) < 4.78 is 0. The van der Waals surface area contributed by atoms with E-state index in [-0.39, 0.29) is 12.4 Å². The Morgan fingerprint density at radius 2 is 2.17 bits per heavy atom. The molecule has 1 fully saturated rings. The standard InChI is InChI=1S/C8H11N3.ClH/c9-6-1-4-8(10-5-6)11-7-2-3-7;/h1,4-5,7H,2-3,9H2,(H,10,11);1H. The summed E-state index contributed by atoms with van der Waals surface area (Å²) in [6.07, 6.45) is 4.21. The number of hydrogen-bond acceptors (Lipinski definition) is 3. The first-order chi connectivity index (χ1) is 5.34. The van der Waals surface area contributed by atoms with E-state index in [1.807, 2.05) is 12.1 Å². The van der Waals surface area contributed by atoms with Crippen molar-refractivity contribution < 1.29 is 0 Å². The average Bonchev–Trinajstić information content (AvgIpc) is 2.78. The zero-order valence-electron chi connectivity index (χ0n) is 6.66. The molecule has 12 heavy (non-hydrogen) atoms. The molecule has 4 heteroatoms. The van der Waals surface area contributed by atoms with Gasteiger partial charge in [0.05, 0.1) is 11.9 Å². The first-order valence-corrected chi connectivity index (χ1v) is 3.83. The topological polar surface area (TPSA) is 50.9 Å². The lowest BCUT2D eigenvalue weighted by Crippen LogP contribution is -2.02. The van der Waals surface area contributed by atoms with Gasteiger partial charge in [-0.25, -0.2) is 4.98 Å². The minimum absolute atomic E-state index is 0. The maximum Gasteiger partial charge on any atom is 0.126 e. The molecular formula is C8H12ClN3. The van der Waals surface area contributed by atoms with Gasteiger partial charge in [0.2, 0.25) is 0 Å². The Morgan fingerprint density at radius 1 is 1.42 bits per heavy atom. The van der Waals surface area contributed by atoms with Crippen LogP contribution in [0, 0.1) is 0 Å². The highest BCUT2D eigenvalue weighted by Gasteiger charge is 2.20. The van der Waals surface area contributed by atoms with Crippen LogP contribution in [-0.2, 0) is 0 Å². The molecule has 0 amide bonds. The van der Waals surface area contributed by atoms with Crippen LogP contribution in [0.15, 0.2) is 18.3 Å². The number of nitrogens with one attached hydrogen (secondary N) is 1. The number of nitrogens with two attached hydrogens (primary N) is 1. The van der Waals surface area contributed by atoms with Gasteiger partial charge in [0.25, 0.3) is 0 Å². The number of nitrogen functional groups attached to an aromatic ring is 1. The third-order valence-electron chi connectivity index (χ3n) is 1.72. The van der Waals surface area contributed by atoms with Crippen molar-refractivity contribution in [1.29, 1.82) is 0 Å². The number of aromatic nitrogens is 1. The summed E-state index contributed by atoms with van der Waals surface area (Å²) in [6.45, 7) is 0. The van der Waals surface area contributed by atoms with Crippen LogP contribution in [0.5, 0.6) is 0 Å². The maximum absolute atomic E-state index is 5.48. The van der Waals surface area contributed by atoms with Gasteiger partial charge < -0.3 is 11.1 Å². The first-order valence-electron chi connectivity index (χ1n) is 3.83. The number of hydrogen-bond donors (Lipinski definition) is 2. The van der Waals surface area contributed by atoms with Gasteiger partial charge in [-0.15, -0.1) is 12.4 Å². The Balaban J connectivity index is 0.000000720. The van der Waals surface area contributed by atoms with Gasteiger partial charge in [0.1, 0.15) is 5.82 Å². The molecule has 1 aliphatic carbocycles. The number of pyridine rings is 1.